The SMILES string of the molecule is CCCCO.Nc1ccccc1ON=O. The van der Waals surface area contributed by atoms with Crippen LogP contribution in [-0.2, 0) is 0 Å². The molecular weight excluding hydrogens is 196 g/mol. The standard InChI is InChI=1S/C6H6N2O2.C4H10O/c7-5-3-1-2-4-6(5)10-8-9;1-2-3-4-5/h1-4H,7H2;5H,2-4H2,1H3. The van der Waals surface area contributed by atoms with Crippen molar-refractivity contribution in [3.8, 4) is 5.75 Å². The predicted molar refractivity (Wildman–Crippen MR) is 59.3 cm³/mol. The first kappa shape index (κ1) is 13.4. The van der Waals surface area contributed by atoms with Gasteiger partial charge in [-0.05, 0) is 18.6 Å². The van der Waals surface area contributed by atoms with Crippen LogP contribution in [0.2, 0.25) is 0 Å². The van der Waals surface area contributed by atoms with Crippen molar-refractivity contribution in [2.75, 3.05) is 12.3 Å². The van der Waals surface area contributed by atoms with E-state index < -0.39 is 0 Å². The number of para-hydroxylation sites is 2. The second-order valence-corrected chi connectivity index (χ2v) is 2.78. The van der Waals surface area contributed by atoms with E-state index >= 15 is 0 Å². The van der Waals surface area contributed by atoms with E-state index in [0.717, 1.165) is 12.8 Å². The molecule has 0 radical (unpaired) electrons. The number of benzene rings is 1. The molecule has 0 atom stereocenters. The fourth-order valence-electron chi connectivity index (χ4n) is 0.762. The summed E-state index contributed by atoms with van der Waals surface area (Å²) >= 11 is 0. The number of aliphatic hydroxyl groups excluding tert-OH is 1. The minimum absolute atomic E-state index is 0.289. The zero-order valence-corrected chi connectivity index (χ0v) is 8.72. The van der Waals surface area contributed by atoms with Gasteiger partial charge in [-0.1, -0.05) is 25.5 Å². The number of hydrogen-bond acceptors (Lipinski definition) is 5. The van der Waals surface area contributed by atoms with Crippen LogP contribution in [0.4, 0.5) is 5.69 Å². The molecule has 5 heteroatoms. The van der Waals surface area contributed by atoms with E-state index in [-0.39, 0.29) is 5.75 Å². The number of hydrogen-bond donors (Lipinski definition) is 2. The van der Waals surface area contributed by atoms with Crippen molar-refractivity contribution in [2.45, 2.75) is 19.8 Å². The summed E-state index contributed by atoms with van der Waals surface area (Å²) in [7, 11) is 0. The van der Waals surface area contributed by atoms with Crippen LogP contribution < -0.4 is 10.6 Å². The molecule has 3 N–H and O–H groups in total. The predicted octanol–water partition coefficient (Wildman–Crippen LogP) is 2.11. The maximum atomic E-state index is 9.60. The van der Waals surface area contributed by atoms with Gasteiger partial charge in [0, 0.05) is 6.61 Å². The van der Waals surface area contributed by atoms with E-state index in [1.165, 1.54) is 0 Å². The molecule has 0 heterocycles. The first-order valence-electron chi connectivity index (χ1n) is 4.71. The molecule has 15 heavy (non-hydrogen) atoms. The molecule has 84 valence electrons. The van der Waals surface area contributed by atoms with Gasteiger partial charge in [-0.15, -0.1) is 4.91 Å². The zero-order chi connectivity index (χ0) is 11.5. The van der Waals surface area contributed by atoms with Crippen molar-refractivity contribution in [1.82, 2.24) is 0 Å². The fraction of sp³-hybridized carbons (Fsp3) is 0.400. The molecular formula is C10H16N2O3. The van der Waals surface area contributed by atoms with Gasteiger partial charge in [0.15, 0.2) is 11.1 Å². The molecule has 0 aliphatic heterocycles. The van der Waals surface area contributed by atoms with Gasteiger partial charge in [0.25, 0.3) is 0 Å². The van der Waals surface area contributed by atoms with Gasteiger partial charge >= 0.3 is 0 Å². The summed E-state index contributed by atoms with van der Waals surface area (Å²) in [6, 6.07) is 6.64. The van der Waals surface area contributed by atoms with Gasteiger partial charge in [-0.25, -0.2) is 0 Å². The van der Waals surface area contributed by atoms with Crippen molar-refractivity contribution >= 4 is 5.69 Å². The number of nitrogen functional groups attached to an aromatic ring is 1. The van der Waals surface area contributed by atoms with Gasteiger partial charge < -0.3 is 15.7 Å². The van der Waals surface area contributed by atoms with Crippen LogP contribution in [0.3, 0.4) is 0 Å². The Balaban J connectivity index is 0.000000336. The monoisotopic (exact) mass is 212 g/mol. The summed E-state index contributed by atoms with van der Waals surface area (Å²) in [5.41, 5.74) is 5.79. The maximum absolute atomic E-state index is 9.60. The quantitative estimate of drug-likeness (QED) is 0.454. The highest BCUT2D eigenvalue weighted by Gasteiger charge is 1.96. The highest BCUT2D eigenvalue weighted by Crippen LogP contribution is 2.19. The van der Waals surface area contributed by atoms with E-state index in [2.05, 4.69) is 17.1 Å². The van der Waals surface area contributed by atoms with Crippen LogP contribution >= 0.6 is 0 Å². The number of nitrogens with zero attached hydrogens (tertiary/aromatic N) is 1. The molecule has 0 aliphatic rings. The third-order valence-corrected chi connectivity index (χ3v) is 1.57. The summed E-state index contributed by atoms with van der Waals surface area (Å²) in [5.74, 6) is 0.289. The molecule has 0 amide bonds. The second kappa shape index (κ2) is 8.96. The lowest BCUT2D eigenvalue weighted by Gasteiger charge is -1.96. The van der Waals surface area contributed by atoms with Gasteiger partial charge in [0.05, 0.1) is 5.69 Å². The average molecular weight is 212 g/mol. The smallest absolute Gasteiger partial charge is 0.184 e. The Morgan fingerprint density at radius 1 is 1.47 bits per heavy atom. The summed E-state index contributed by atoms with van der Waals surface area (Å²) in [6.07, 6.45) is 2.04. The Bertz CT molecular complexity index is 277. The van der Waals surface area contributed by atoms with Gasteiger partial charge in [-0.2, -0.15) is 0 Å². The molecule has 1 rings (SSSR count). The van der Waals surface area contributed by atoms with Crippen molar-refractivity contribution in [1.29, 1.82) is 0 Å². The number of nitrogens with two attached hydrogens (primary N) is 1. The molecule has 1 aromatic rings. The molecule has 0 aliphatic carbocycles. The molecule has 0 unspecified atom stereocenters. The molecule has 0 saturated heterocycles. The lowest BCUT2D eigenvalue weighted by molar-refractivity contribution is 0.287. The highest BCUT2D eigenvalue weighted by molar-refractivity contribution is 5.51. The van der Waals surface area contributed by atoms with E-state index in [9.17, 15) is 4.91 Å². The summed E-state index contributed by atoms with van der Waals surface area (Å²) in [6.45, 7) is 2.40. The molecule has 0 spiro atoms. The topological polar surface area (TPSA) is 84.9 Å². The van der Waals surface area contributed by atoms with E-state index in [4.69, 9.17) is 10.8 Å². The van der Waals surface area contributed by atoms with Gasteiger partial charge in [0.2, 0.25) is 0 Å². The molecule has 5 nitrogen and oxygen atoms in total. The van der Waals surface area contributed by atoms with Crippen LogP contribution in [-0.4, -0.2) is 11.7 Å². The zero-order valence-electron chi connectivity index (χ0n) is 8.72. The summed E-state index contributed by atoms with van der Waals surface area (Å²) in [5, 5.41) is 10.3. The minimum Gasteiger partial charge on any atom is -0.396 e. The van der Waals surface area contributed by atoms with E-state index in [0.29, 0.717) is 12.3 Å². The van der Waals surface area contributed by atoms with Gasteiger partial charge in [0.1, 0.15) is 0 Å². The van der Waals surface area contributed by atoms with E-state index in [1.54, 1.807) is 24.3 Å². The van der Waals surface area contributed by atoms with Crippen LogP contribution in [0, 0.1) is 4.91 Å². The Morgan fingerprint density at radius 2 is 2.13 bits per heavy atom. The third kappa shape index (κ3) is 6.45. The number of rotatable bonds is 4. The van der Waals surface area contributed by atoms with Crippen molar-refractivity contribution in [2.24, 2.45) is 5.34 Å². The largest absolute Gasteiger partial charge is 0.396 e. The van der Waals surface area contributed by atoms with Crippen molar-refractivity contribution in [3.63, 3.8) is 0 Å². The summed E-state index contributed by atoms with van der Waals surface area (Å²) < 4.78 is 0. The Labute approximate surface area is 88.8 Å². The van der Waals surface area contributed by atoms with Crippen LogP contribution in [0.25, 0.3) is 0 Å². The van der Waals surface area contributed by atoms with Gasteiger partial charge in [-0.3, -0.25) is 0 Å². The third-order valence-electron chi connectivity index (χ3n) is 1.57. The van der Waals surface area contributed by atoms with Crippen LogP contribution in [0.5, 0.6) is 5.75 Å². The van der Waals surface area contributed by atoms with Crippen LogP contribution in [0.15, 0.2) is 29.6 Å². The Kier molecular flexibility index (Phi) is 7.99. The molecule has 0 aromatic heterocycles. The van der Waals surface area contributed by atoms with Crippen molar-refractivity contribution < 1.29 is 9.94 Å². The summed E-state index contributed by atoms with van der Waals surface area (Å²) in [4.78, 5) is 13.9. The van der Waals surface area contributed by atoms with E-state index in [1.807, 2.05) is 0 Å². The lowest BCUT2D eigenvalue weighted by Crippen LogP contribution is -1.89. The minimum atomic E-state index is 0.289. The Hall–Kier alpha value is -1.62. The highest BCUT2D eigenvalue weighted by atomic mass is 16.7. The maximum Gasteiger partial charge on any atom is 0.184 e. The molecule has 0 bridgehead atoms. The molecule has 1 aromatic carbocycles. The molecule has 0 saturated carbocycles. The first-order valence-corrected chi connectivity index (χ1v) is 4.71. The fourth-order valence-corrected chi connectivity index (χ4v) is 0.762. The Morgan fingerprint density at radius 3 is 2.53 bits per heavy atom. The molecule has 0 fully saturated rings. The second-order valence-electron chi connectivity index (χ2n) is 2.78. The van der Waals surface area contributed by atoms with Crippen molar-refractivity contribution in [3.05, 3.63) is 29.2 Å². The van der Waals surface area contributed by atoms with Crippen LogP contribution in [0.1, 0.15) is 19.8 Å². The first-order chi connectivity index (χ1) is 7.26. The number of anilines is 1. The number of unbranched alkanes of at least 4 members (excludes halogenated alkanes) is 1. The lowest BCUT2D eigenvalue weighted by atomic mass is 10.3. The average Bonchev–Trinajstić information content (AvgIpc) is 2.24. The number of aliphatic hydroxyl groups is 1. The normalized spacial score (nSPS) is 8.67.